The van der Waals surface area contributed by atoms with E-state index in [0.29, 0.717) is 13.2 Å². The smallest absolute Gasteiger partial charge is 0.162 e. The molecule has 1 aliphatic heterocycles. The maximum Gasteiger partial charge on any atom is 0.162 e. The van der Waals surface area contributed by atoms with Gasteiger partial charge >= 0.3 is 0 Å². The summed E-state index contributed by atoms with van der Waals surface area (Å²) in [6.07, 6.45) is 3.27. The maximum absolute atomic E-state index is 6.41. The van der Waals surface area contributed by atoms with Crippen LogP contribution in [0.15, 0.2) is 16.6 Å². The molecule has 0 saturated carbocycles. The van der Waals surface area contributed by atoms with Gasteiger partial charge in [0.05, 0.1) is 5.38 Å². The van der Waals surface area contributed by atoms with Crippen molar-refractivity contribution in [3.8, 4) is 11.5 Å². The highest BCUT2D eigenvalue weighted by Crippen LogP contribution is 2.40. The summed E-state index contributed by atoms with van der Waals surface area (Å²) >= 11 is 9.95. The van der Waals surface area contributed by atoms with Crippen molar-refractivity contribution in [3.05, 3.63) is 22.2 Å². The van der Waals surface area contributed by atoms with Crippen LogP contribution in [0.3, 0.4) is 0 Å². The van der Waals surface area contributed by atoms with E-state index in [1.807, 2.05) is 12.1 Å². The zero-order valence-electron chi connectivity index (χ0n) is 9.84. The van der Waals surface area contributed by atoms with Crippen molar-refractivity contribution in [1.82, 2.24) is 0 Å². The zero-order valence-corrected chi connectivity index (χ0v) is 12.2. The number of fused-ring (bicyclic) bond motifs is 1. The van der Waals surface area contributed by atoms with Gasteiger partial charge in [-0.15, -0.1) is 11.6 Å². The Morgan fingerprint density at radius 3 is 2.59 bits per heavy atom. The Morgan fingerprint density at radius 1 is 1.29 bits per heavy atom. The second-order valence-corrected chi connectivity index (χ2v) is 5.51. The molecule has 1 heterocycles. The molecular weight excluding hydrogens is 303 g/mol. The minimum Gasteiger partial charge on any atom is -0.486 e. The number of alkyl halides is 1. The summed E-state index contributed by atoms with van der Waals surface area (Å²) in [6, 6.07) is 3.94. The Bertz CT molecular complexity index is 395. The number of rotatable bonds is 4. The Kier molecular flexibility index (Phi) is 4.57. The second-order valence-electron chi connectivity index (χ2n) is 4.13. The summed E-state index contributed by atoms with van der Waals surface area (Å²) in [6.45, 7) is 3.39. The van der Waals surface area contributed by atoms with Crippen molar-refractivity contribution in [1.29, 1.82) is 0 Å². The normalized spacial score (nSPS) is 15.7. The van der Waals surface area contributed by atoms with Crippen LogP contribution in [-0.2, 0) is 0 Å². The lowest BCUT2D eigenvalue weighted by molar-refractivity contribution is 0.171. The van der Waals surface area contributed by atoms with Gasteiger partial charge in [-0.25, -0.2) is 0 Å². The first kappa shape index (κ1) is 13.0. The summed E-state index contributed by atoms with van der Waals surface area (Å²) < 4.78 is 12.1. The Hall–Kier alpha value is -0.410. The van der Waals surface area contributed by atoms with Crippen molar-refractivity contribution in [2.24, 2.45) is 0 Å². The van der Waals surface area contributed by atoms with Crippen molar-refractivity contribution < 1.29 is 9.47 Å². The highest BCUT2D eigenvalue weighted by atomic mass is 79.9. The molecule has 1 aromatic carbocycles. The molecule has 1 aliphatic rings. The fourth-order valence-electron chi connectivity index (χ4n) is 1.86. The van der Waals surface area contributed by atoms with Crippen LogP contribution in [0.1, 0.15) is 37.1 Å². The average Bonchev–Trinajstić information content (AvgIpc) is 2.35. The Morgan fingerprint density at radius 2 is 1.94 bits per heavy atom. The van der Waals surface area contributed by atoms with Gasteiger partial charge in [0.25, 0.3) is 0 Å². The molecule has 4 heteroatoms. The van der Waals surface area contributed by atoms with Crippen molar-refractivity contribution >= 4 is 27.5 Å². The fourth-order valence-corrected chi connectivity index (χ4v) is 2.92. The summed E-state index contributed by atoms with van der Waals surface area (Å²) in [5.74, 6) is 1.60. The molecule has 1 atom stereocenters. The van der Waals surface area contributed by atoms with E-state index >= 15 is 0 Å². The summed E-state index contributed by atoms with van der Waals surface area (Å²) in [5.41, 5.74) is 1.09. The Labute approximate surface area is 115 Å². The van der Waals surface area contributed by atoms with Crippen molar-refractivity contribution in [3.63, 3.8) is 0 Å². The van der Waals surface area contributed by atoms with Gasteiger partial charge in [-0.1, -0.05) is 35.7 Å². The molecule has 0 N–H and O–H groups in total. The van der Waals surface area contributed by atoms with Gasteiger partial charge < -0.3 is 9.47 Å². The predicted octanol–water partition coefficient (Wildman–Crippen LogP) is 4.69. The second kappa shape index (κ2) is 5.96. The molecule has 2 nitrogen and oxygen atoms in total. The molecule has 2 rings (SSSR count). The highest BCUT2D eigenvalue weighted by molar-refractivity contribution is 9.10. The van der Waals surface area contributed by atoms with Crippen LogP contribution >= 0.6 is 27.5 Å². The lowest BCUT2D eigenvalue weighted by atomic mass is 10.1. The van der Waals surface area contributed by atoms with Crippen LogP contribution < -0.4 is 9.47 Å². The van der Waals surface area contributed by atoms with Gasteiger partial charge in [-0.05, 0) is 24.1 Å². The standard InChI is InChI=1S/C13H16BrClO2/c1-2-3-4-11(15)9-7-12-13(8-10(9)14)17-6-5-16-12/h7-8,11H,2-6H2,1H3. The molecular formula is C13H16BrClO2. The van der Waals surface area contributed by atoms with E-state index in [1.54, 1.807) is 0 Å². The Balaban J connectivity index is 2.22. The molecule has 94 valence electrons. The van der Waals surface area contributed by atoms with Crippen molar-refractivity contribution in [2.45, 2.75) is 31.6 Å². The minimum atomic E-state index is 0.0279. The van der Waals surface area contributed by atoms with E-state index in [0.717, 1.165) is 40.8 Å². The monoisotopic (exact) mass is 318 g/mol. The predicted molar refractivity (Wildman–Crippen MR) is 73.3 cm³/mol. The van der Waals surface area contributed by atoms with Gasteiger partial charge in [0.1, 0.15) is 13.2 Å². The van der Waals surface area contributed by atoms with Gasteiger partial charge in [0, 0.05) is 4.47 Å². The first-order valence-corrected chi connectivity index (χ1v) is 7.18. The van der Waals surface area contributed by atoms with Crippen LogP contribution in [0.25, 0.3) is 0 Å². The van der Waals surface area contributed by atoms with Crippen LogP contribution in [0.4, 0.5) is 0 Å². The first-order valence-electron chi connectivity index (χ1n) is 5.95. The number of ether oxygens (including phenoxy) is 2. The molecule has 0 amide bonds. The summed E-state index contributed by atoms with van der Waals surface area (Å²) in [4.78, 5) is 0. The third-order valence-electron chi connectivity index (χ3n) is 2.81. The summed E-state index contributed by atoms with van der Waals surface area (Å²) in [7, 11) is 0. The topological polar surface area (TPSA) is 18.5 Å². The molecule has 1 aromatic rings. The van der Waals surface area contributed by atoms with E-state index < -0.39 is 0 Å². The molecule has 0 spiro atoms. The summed E-state index contributed by atoms with van der Waals surface area (Å²) in [5, 5.41) is 0.0279. The van der Waals surface area contributed by atoms with Crippen LogP contribution in [-0.4, -0.2) is 13.2 Å². The third-order valence-corrected chi connectivity index (χ3v) is 3.95. The molecule has 0 saturated heterocycles. The van der Waals surface area contributed by atoms with Crippen molar-refractivity contribution in [2.75, 3.05) is 13.2 Å². The SMILES string of the molecule is CCCCC(Cl)c1cc2c(cc1Br)OCCO2. The number of hydrogen-bond acceptors (Lipinski definition) is 2. The third kappa shape index (κ3) is 3.08. The van der Waals surface area contributed by atoms with Gasteiger partial charge in [0.15, 0.2) is 11.5 Å². The number of halogens is 2. The molecule has 0 aliphatic carbocycles. The lowest BCUT2D eigenvalue weighted by Crippen LogP contribution is -2.15. The maximum atomic E-state index is 6.41. The highest BCUT2D eigenvalue weighted by Gasteiger charge is 2.18. The number of benzene rings is 1. The molecule has 0 fully saturated rings. The molecule has 1 unspecified atom stereocenters. The average molecular weight is 320 g/mol. The van der Waals surface area contributed by atoms with Gasteiger partial charge in [0.2, 0.25) is 0 Å². The zero-order chi connectivity index (χ0) is 12.3. The van der Waals surface area contributed by atoms with E-state index in [-0.39, 0.29) is 5.38 Å². The molecule has 0 aromatic heterocycles. The molecule has 0 radical (unpaired) electrons. The van der Waals surface area contributed by atoms with E-state index in [1.165, 1.54) is 0 Å². The number of hydrogen-bond donors (Lipinski definition) is 0. The molecule has 0 bridgehead atoms. The first-order chi connectivity index (χ1) is 8.22. The van der Waals surface area contributed by atoms with Crippen LogP contribution in [0.2, 0.25) is 0 Å². The molecule has 17 heavy (non-hydrogen) atoms. The number of unbranched alkanes of at least 4 members (excludes halogenated alkanes) is 1. The van der Waals surface area contributed by atoms with Gasteiger partial charge in [-0.2, -0.15) is 0 Å². The van der Waals surface area contributed by atoms with E-state index in [4.69, 9.17) is 21.1 Å². The van der Waals surface area contributed by atoms with E-state index in [9.17, 15) is 0 Å². The largest absolute Gasteiger partial charge is 0.486 e. The van der Waals surface area contributed by atoms with E-state index in [2.05, 4.69) is 22.9 Å². The lowest BCUT2D eigenvalue weighted by Gasteiger charge is -2.21. The quantitative estimate of drug-likeness (QED) is 0.750. The minimum absolute atomic E-state index is 0.0279. The van der Waals surface area contributed by atoms with Gasteiger partial charge in [-0.3, -0.25) is 0 Å². The van der Waals surface area contributed by atoms with Crippen LogP contribution in [0.5, 0.6) is 11.5 Å². The fraction of sp³-hybridized carbons (Fsp3) is 0.538. The van der Waals surface area contributed by atoms with Crippen LogP contribution in [0, 0.1) is 0 Å².